The van der Waals surface area contributed by atoms with Crippen LogP contribution in [-0.4, -0.2) is 61.3 Å². The van der Waals surface area contributed by atoms with E-state index in [0.29, 0.717) is 10.9 Å². The van der Waals surface area contributed by atoms with Crippen LogP contribution < -0.4 is 5.32 Å². The Labute approximate surface area is 103 Å². The Morgan fingerprint density at radius 3 is 2.94 bits per heavy atom. The molecule has 0 radical (unpaired) electrons. The molecule has 1 unspecified atom stereocenters. The molecule has 94 valence electrons. The molecule has 0 bridgehead atoms. The van der Waals surface area contributed by atoms with E-state index in [1.807, 2.05) is 11.8 Å². The van der Waals surface area contributed by atoms with Crippen molar-refractivity contribution in [2.24, 2.45) is 0 Å². The van der Waals surface area contributed by atoms with Crippen LogP contribution in [0, 0.1) is 0 Å². The molecule has 1 saturated heterocycles. The fraction of sp³-hybridized carbons (Fsp3) is 1.00. The Kier molecular flexibility index (Phi) is 4.53. The number of rotatable bonds is 6. The van der Waals surface area contributed by atoms with Crippen LogP contribution in [0.1, 0.15) is 19.8 Å². The summed E-state index contributed by atoms with van der Waals surface area (Å²) in [6.45, 7) is 8.63. The fourth-order valence-corrected chi connectivity index (χ4v) is 3.00. The van der Waals surface area contributed by atoms with Crippen LogP contribution in [0.3, 0.4) is 0 Å². The minimum Gasteiger partial charge on any atom is -0.374 e. The molecule has 4 heteroatoms. The largest absolute Gasteiger partial charge is 0.374 e. The zero-order chi connectivity index (χ0) is 11.4. The van der Waals surface area contributed by atoms with Crippen LogP contribution in [0.15, 0.2) is 0 Å². The highest BCUT2D eigenvalue weighted by Crippen LogP contribution is 2.46. The maximum Gasteiger partial charge on any atom is 0.0826 e. The molecule has 1 heterocycles. The predicted octanol–water partition coefficient (Wildman–Crippen LogP) is 1.19. The number of likely N-dealkylation sites (N-methyl/N-ethyl adjacent to an activating group) is 1. The highest BCUT2D eigenvalue weighted by Gasteiger charge is 2.41. The van der Waals surface area contributed by atoms with Crippen LogP contribution in [0.25, 0.3) is 0 Å². The van der Waals surface area contributed by atoms with Crippen LogP contribution in [0.2, 0.25) is 0 Å². The summed E-state index contributed by atoms with van der Waals surface area (Å²) in [4.78, 5) is 2.47. The lowest BCUT2D eigenvalue weighted by Gasteiger charge is -2.32. The van der Waals surface area contributed by atoms with Gasteiger partial charge in [0, 0.05) is 30.9 Å². The van der Waals surface area contributed by atoms with Gasteiger partial charge in [-0.15, -0.1) is 0 Å². The van der Waals surface area contributed by atoms with E-state index in [0.717, 1.165) is 39.3 Å². The molecule has 1 N–H and O–H groups in total. The third kappa shape index (κ3) is 3.36. The number of hydrogen-bond donors (Lipinski definition) is 1. The van der Waals surface area contributed by atoms with Gasteiger partial charge >= 0.3 is 0 Å². The molecular formula is C12H24N2OS. The molecule has 1 aliphatic heterocycles. The van der Waals surface area contributed by atoms with Gasteiger partial charge in [0.15, 0.2) is 0 Å². The van der Waals surface area contributed by atoms with Crippen molar-refractivity contribution in [3.63, 3.8) is 0 Å². The molecule has 2 rings (SSSR count). The first kappa shape index (κ1) is 12.7. The normalized spacial score (nSPS) is 29.2. The number of nitrogens with one attached hydrogen (secondary N) is 1. The summed E-state index contributed by atoms with van der Waals surface area (Å²) in [5, 5.41) is 3.58. The molecule has 16 heavy (non-hydrogen) atoms. The first-order chi connectivity index (χ1) is 7.78. The van der Waals surface area contributed by atoms with Gasteiger partial charge in [0.25, 0.3) is 0 Å². The molecule has 2 aliphatic rings. The van der Waals surface area contributed by atoms with Crippen molar-refractivity contribution in [3.05, 3.63) is 0 Å². The fourth-order valence-electron chi connectivity index (χ4n) is 2.24. The van der Waals surface area contributed by atoms with E-state index in [1.165, 1.54) is 12.8 Å². The maximum absolute atomic E-state index is 5.77. The summed E-state index contributed by atoms with van der Waals surface area (Å²) in [5.74, 6) is 0. The molecule has 1 aliphatic carbocycles. The lowest BCUT2D eigenvalue weighted by molar-refractivity contribution is -0.0251. The van der Waals surface area contributed by atoms with E-state index in [9.17, 15) is 0 Å². The van der Waals surface area contributed by atoms with Crippen LogP contribution in [0.4, 0.5) is 0 Å². The lowest BCUT2D eigenvalue weighted by atomic mass is 10.2. The monoisotopic (exact) mass is 244 g/mol. The number of nitrogens with zero attached hydrogens (tertiary/aromatic N) is 1. The van der Waals surface area contributed by atoms with Crippen molar-refractivity contribution in [3.8, 4) is 0 Å². The van der Waals surface area contributed by atoms with Crippen molar-refractivity contribution >= 4 is 11.8 Å². The second-order valence-electron chi connectivity index (χ2n) is 4.90. The van der Waals surface area contributed by atoms with Crippen molar-refractivity contribution in [2.45, 2.75) is 30.6 Å². The minimum atomic E-state index is 0.395. The molecule has 0 spiro atoms. The Morgan fingerprint density at radius 1 is 1.50 bits per heavy atom. The third-order valence-corrected chi connectivity index (χ3v) is 5.15. The van der Waals surface area contributed by atoms with Crippen LogP contribution in [0.5, 0.6) is 0 Å². The van der Waals surface area contributed by atoms with E-state index < -0.39 is 0 Å². The van der Waals surface area contributed by atoms with Crippen molar-refractivity contribution < 1.29 is 4.74 Å². The first-order valence-electron chi connectivity index (χ1n) is 6.38. The van der Waals surface area contributed by atoms with E-state index in [4.69, 9.17) is 4.74 Å². The first-order valence-corrected chi connectivity index (χ1v) is 7.60. The van der Waals surface area contributed by atoms with Gasteiger partial charge in [-0.3, -0.25) is 4.90 Å². The van der Waals surface area contributed by atoms with E-state index in [-0.39, 0.29) is 0 Å². The minimum absolute atomic E-state index is 0.395. The summed E-state index contributed by atoms with van der Waals surface area (Å²) in [6.07, 6.45) is 5.39. The number of hydrogen-bond acceptors (Lipinski definition) is 4. The van der Waals surface area contributed by atoms with Crippen LogP contribution in [-0.2, 0) is 4.74 Å². The zero-order valence-electron chi connectivity index (χ0n) is 10.5. The van der Waals surface area contributed by atoms with E-state index >= 15 is 0 Å². The third-order valence-electron chi connectivity index (χ3n) is 3.73. The second kappa shape index (κ2) is 5.71. The molecule has 2 fully saturated rings. The van der Waals surface area contributed by atoms with Crippen molar-refractivity contribution in [2.75, 3.05) is 45.6 Å². The second-order valence-corrected chi connectivity index (χ2v) is 6.18. The van der Waals surface area contributed by atoms with Crippen molar-refractivity contribution in [1.29, 1.82) is 0 Å². The standard InChI is InChI=1S/C12H24N2OS/c1-3-14-6-7-15-11(9-14)8-13-10-12(16-2)4-5-12/h11,13H,3-10H2,1-2H3. The molecule has 3 nitrogen and oxygen atoms in total. The summed E-state index contributed by atoms with van der Waals surface area (Å²) in [5.41, 5.74) is 0. The summed E-state index contributed by atoms with van der Waals surface area (Å²) in [7, 11) is 0. The van der Waals surface area contributed by atoms with Crippen molar-refractivity contribution in [1.82, 2.24) is 10.2 Å². The Balaban J connectivity index is 1.62. The average Bonchev–Trinajstić information content (AvgIpc) is 3.10. The molecule has 0 aromatic heterocycles. The zero-order valence-corrected chi connectivity index (χ0v) is 11.3. The van der Waals surface area contributed by atoms with Gasteiger partial charge < -0.3 is 10.1 Å². The van der Waals surface area contributed by atoms with E-state index in [2.05, 4.69) is 23.4 Å². The molecule has 1 atom stereocenters. The summed E-state index contributed by atoms with van der Waals surface area (Å²) < 4.78 is 6.34. The number of morpholine rings is 1. The van der Waals surface area contributed by atoms with Gasteiger partial charge in [0.2, 0.25) is 0 Å². The lowest BCUT2D eigenvalue weighted by Crippen LogP contribution is -2.47. The molecule has 1 saturated carbocycles. The molecule has 0 aromatic rings. The molecular weight excluding hydrogens is 220 g/mol. The molecule has 0 amide bonds. The SMILES string of the molecule is CCN1CCOC(CNCC2(SC)CC2)C1. The average molecular weight is 244 g/mol. The highest BCUT2D eigenvalue weighted by molar-refractivity contribution is 8.00. The quantitative estimate of drug-likeness (QED) is 0.758. The highest BCUT2D eigenvalue weighted by atomic mass is 32.2. The molecule has 0 aromatic carbocycles. The van der Waals surface area contributed by atoms with Gasteiger partial charge in [0.05, 0.1) is 12.7 Å². The summed E-state index contributed by atoms with van der Waals surface area (Å²) >= 11 is 2.02. The smallest absolute Gasteiger partial charge is 0.0826 e. The van der Waals surface area contributed by atoms with Gasteiger partial charge in [0.1, 0.15) is 0 Å². The van der Waals surface area contributed by atoms with Gasteiger partial charge in [-0.1, -0.05) is 6.92 Å². The maximum atomic E-state index is 5.77. The van der Waals surface area contributed by atoms with Crippen LogP contribution >= 0.6 is 11.8 Å². The Morgan fingerprint density at radius 2 is 2.31 bits per heavy atom. The topological polar surface area (TPSA) is 24.5 Å². The van der Waals surface area contributed by atoms with Gasteiger partial charge in [-0.05, 0) is 25.6 Å². The Bertz CT molecular complexity index is 221. The Hall–Kier alpha value is 0.230. The summed E-state index contributed by atoms with van der Waals surface area (Å²) in [6, 6.07) is 0. The number of ether oxygens (including phenoxy) is 1. The van der Waals surface area contributed by atoms with Gasteiger partial charge in [-0.2, -0.15) is 11.8 Å². The van der Waals surface area contributed by atoms with E-state index in [1.54, 1.807) is 0 Å². The van der Waals surface area contributed by atoms with Gasteiger partial charge in [-0.25, -0.2) is 0 Å². The predicted molar refractivity (Wildman–Crippen MR) is 70.2 cm³/mol. The number of thioether (sulfide) groups is 1.